The Kier molecular flexibility index (Phi) is 2.22. The molecule has 0 saturated carbocycles. The van der Waals surface area contributed by atoms with Gasteiger partial charge in [-0.15, -0.1) is 0 Å². The number of aromatic amines is 1. The van der Waals surface area contributed by atoms with Gasteiger partial charge in [0.15, 0.2) is 0 Å². The van der Waals surface area contributed by atoms with Crippen molar-refractivity contribution in [3.63, 3.8) is 0 Å². The normalized spacial score (nSPS) is 12.0. The largest absolute Gasteiger partial charge is 0.356 e. The first-order chi connectivity index (χ1) is 6.98. The molecule has 1 aromatic heterocycles. The third kappa shape index (κ3) is 1.84. The molecule has 2 rings (SSSR count). The molecule has 1 heterocycles. The van der Waals surface area contributed by atoms with Crippen LogP contribution < -0.4 is 4.90 Å². The summed E-state index contributed by atoms with van der Waals surface area (Å²) in [4.78, 5) is 5.68. The minimum atomic E-state index is 0.140. The van der Waals surface area contributed by atoms with E-state index in [0.29, 0.717) is 0 Å². The van der Waals surface area contributed by atoms with E-state index in [0.717, 1.165) is 0 Å². The zero-order valence-electron chi connectivity index (χ0n) is 9.83. The quantitative estimate of drug-likeness (QED) is 0.751. The van der Waals surface area contributed by atoms with Crippen LogP contribution in [-0.2, 0) is 0 Å². The van der Waals surface area contributed by atoms with E-state index in [2.05, 4.69) is 68.0 Å². The van der Waals surface area contributed by atoms with Gasteiger partial charge < -0.3 is 9.88 Å². The summed E-state index contributed by atoms with van der Waals surface area (Å²) >= 11 is 0. The van der Waals surface area contributed by atoms with Crippen LogP contribution in [0.4, 0.5) is 5.82 Å². The zero-order valence-corrected chi connectivity index (χ0v) is 9.83. The van der Waals surface area contributed by atoms with Gasteiger partial charge in [0.25, 0.3) is 0 Å². The molecule has 0 saturated heterocycles. The summed E-state index contributed by atoms with van der Waals surface area (Å²) in [5, 5.41) is 1.27. The smallest absolute Gasteiger partial charge is 0.107 e. The second-order valence-corrected chi connectivity index (χ2v) is 4.97. The molecule has 2 heteroatoms. The van der Waals surface area contributed by atoms with Crippen LogP contribution in [0.15, 0.2) is 30.3 Å². The maximum absolute atomic E-state index is 3.43. The minimum Gasteiger partial charge on any atom is -0.356 e. The SMILES string of the molecule is CN(c1cc2ccccc2[nH]1)C(C)(C)C. The molecular weight excluding hydrogens is 184 g/mol. The number of fused-ring (bicyclic) bond motifs is 1. The van der Waals surface area contributed by atoms with Crippen molar-refractivity contribution in [2.75, 3.05) is 11.9 Å². The van der Waals surface area contributed by atoms with E-state index in [-0.39, 0.29) is 5.54 Å². The van der Waals surface area contributed by atoms with E-state index in [1.807, 2.05) is 0 Å². The van der Waals surface area contributed by atoms with E-state index in [1.165, 1.54) is 16.7 Å². The summed E-state index contributed by atoms with van der Waals surface area (Å²) in [5.74, 6) is 1.17. The summed E-state index contributed by atoms with van der Waals surface area (Å²) in [6.45, 7) is 6.62. The molecule has 15 heavy (non-hydrogen) atoms. The van der Waals surface area contributed by atoms with Crippen LogP contribution in [-0.4, -0.2) is 17.6 Å². The van der Waals surface area contributed by atoms with Gasteiger partial charge in [-0.2, -0.15) is 0 Å². The second kappa shape index (κ2) is 3.30. The van der Waals surface area contributed by atoms with Crippen molar-refractivity contribution >= 4 is 16.7 Å². The van der Waals surface area contributed by atoms with Crippen LogP contribution in [0.5, 0.6) is 0 Å². The summed E-state index contributed by atoms with van der Waals surface area (Å²) in [5.41, 5.74) is 1.34. The lowest BCUT2D eigenvalue weighted by atomic mass is 10.1. The maximum Gasteiger partial charge on any atom is 0.107 e. The average molecular weight is 202 g/mol. The summed E-state index contributed by atoms with van der Waals surface area (Å²) in [6.07, 6.45) is 0. The molecule has 0 aliphatic carbocycles. The van der Waals surface area contributed by atoms with Crippen molar-refractivity contribution in [1.29, 1.82) is 0 Å². The number of hydrogen-bond acceptors (Lipinski definition) is 1. The Labute approximate surface area is 90.9 Å². The first-order valence-corrected chi connectivity index (χ1v) is 5.30. The van der Waals surface area contributed by atoms with Crippen LogP contribution in [0.1, 0.15) is 20.8 Å². The molecular formula is C13H18N2. The molecule has 0 aliphatic heterocycles. The molecule has 0 radical (unpaired) electrons. The molecule has 0 spiro atoms. The topological polar surface area (TPSA) is 19.0 Å². The van der Waals surface area contributed by atoms with Crippen LogP contribution in [0.25, 0.3) is 10.9 Å². The number of nitrogens with one attached hydrogen (secondary N) is 1. The van der Waals surface area contributed by atoms with Gasteiger partial charge in [0.1, 0.15) is 5.82 Å². The fourth-order valence-corrected chi connectivity index (χ4v) is 1.60. The maximum atomic E-state index is 3.43. The van der Waals surface area contributed by atoms with Crippen LogP contribution in [0.3, 0.4) is 0 Å². The lowest BCUT2D eigenvalue weighted by Gasteiger charge is -2.32. The third-order valence-electron chi connectivity index (χ3n) is 2.88. The number of para-hydroxylation sites is 1. The Balaban J connectivity index is 2.45. The van der Waals surface area contributed by atoms with Crippen LogP contribution >= 0.6 is 0 Å². The Morgan fingerprint density at radius 1 is 1.13 bits per heavy atom. The number of anilines is 1. The van der Waals surface area contributed by atoms with Crippen molar-refractivity contribution in [2.24, 2.45) is 0 Å². The van der Waals surface area contributed by atoms with Gasteiger partial charge in [-0.3, -0.25) is 0 Å². The Bertz CT molecular complexity index is 430. The number of hydrogen-bond donors (Lipinski definition) is 1. The summed E-state index contributed by atoms with van der Waals surface area (Å²) in [6, 6.07) is 10.6. The lowest BCUT2D eigenvalue weighted by Crippen LogP contribution is -2.38. The Hall–Kier alpha value is -1.44. The molecule has 0 amide bonds. The molecule has 0 aliphatic rings. The molecule has 0 atom stereocenters. The fourth-order valence-electron chi connectivity index (χ4n) is 1.60. The van der Waals surface area contributed by atoms with Crippen molar-refractivity contribution < 1.29 is 0 Å². The van der Waals surface area contributed by atoms with Gasteiger partial charge >= 0.3 is 0 Å². The summed E-state index contributed by atoms with van der Waals surface area (Å²) in [7, 11) is 2.12. The first-order valence-electron chi connectivity index (χ1n) is 5.30. The van der Waals surface area contributed by atoms with Gasteiger partial charge in [0.2, 0.25) is 0 Å². The highest BCUT2D eigenvalue weighted by molar-refractivity contribution is 5.84. The number of benzene rings is 1. The van der Waals surface area contributed by atoms with E-state index in [9.17, 15) is 0 Å². The summed E-state index contributed by atoms with van der Waals surface area (Å²) < 4.78 is 0. The second-order valence-electron chi connectivity index (χ2n) is 4.97. The van der Waals surface area contributed by atoms with Gasteiger partial charge in [-0.05, 0) is 32.9 Å². The molecule has 1 N–H and O–H groups in total. The lowest BCUT2D eigenvalue weighted by molar-refractivity contribution is 0.535. The predicted molar refractivity (Wildman–Crippen MR) is 66.5 cm³/mol. The van der Waals surface area contributed by atoms with Crippen molar-refractivity contribution in [3.8, 4) is 0 Å². The highest BCUT2D eigenvalue weighted by atomic mass is 15.2. The first kappa shape index (κ1) is 10.1. The van der Waals surface area contributed by atoms with Gasteiger partial charge in [0, 0.05) is 23.5 Å². The Morgan fingerprint density at radius 2 is 1.80 bits per heavy atom. The van der Waals surface area contributed by atoms with Gasteiger partial charge in [-0.1, -0.05) is 18.2 Å². The van der Waals surface area contributed by atoms with Gasteiger partial charge in [0.05, 0.1) is 0 Å². The van der Waals surface area contributed by atoms with Crippen LogP contribution in [0, 0.1) is 0 Å². The number of H-pyrrole nitrogens is 1. The van der Waals surface area contributed by atoms with Crippen molar-refractivity contribution in [2.45, 2.75) is 26.3 Å². The van der Waals surface area contributed by atoms with E-state index in [1.54, 1.807) is 0 Å². The molecule has 1 aromatic carbocycles. The zero-order chi connectivity index (χ0) is 11.1. The van der Waals surface area contributed by atoms with E-state index >= 15 is 0 Å². The number of rotatable bonds is 1. The van der Waals surface area contributed by atoms with E-state index < -0.39 is 0 Å². The minimum absolute atomic E-state index is 0.140. The van der Waals surface area contributed by atoms with E-state index in [4.69, 9.17) is 0 Å². The number of nitrogens with zero attached hydrogens (tertiary/aromatic N) is 1. The fraction of sp³-hybridized carbons (Fsp3) is 0.385. The number of aromatic nitrogens is 1. The van der Waals surface area contributed by atoms with Crippen molar-refractivity contribution in [1.82, 2.24) is 4.98 Å². The molecule has 0 bridgehead atoms. The molecule has 2 nitrogen and oxygen atoms in total. The van der Waals surface area contributed by atoms with Crippen LogP contribution in [0.2, 0.25) is 0 Å². The standard InChI is InChI=1S/C13H18N2/c1-13(2,3)15(4)12-9-10-7-5-6-8-11(10)14-12/h5-9,14H,1-4H3. The molecule has 0 unspecified atom stereocenters. The average Bonchev–Trinajstić information content (AvgIpc) is 2.58. The Morgan fingerprint density at radius 3 is 2.40 bits per heavy atom. The monoisotopic (exact) mass is 202 g/mol. The third-order valence-corrected chi connectivity index (χ3v) is 2.88. The van der Waals surface area contributed by atoms with Gasteiger partial charge in [-0.25, -0.2) is 0 Å². The van der Waals surface area contributed by atoms with Crippen molar-refractivity contribution in [3.05, 3.63) is 30.3 Å². The molecule has 80 valence electrons. The molecule has 2 aromatic rings. The predicted octanol–water partition coefficient (Wildman–Crippen LogP) is 3.40. The highest BCUT2D eigenvalue weighted by Gasteiger charge is 2.18. The highest BCUT2D eigenvalue weighted by Crippen LogP contribution is 2.25. The molecule has 0 fully saturated rings.